The SMILES string of the molecule is C[C@@H](C1CC1)N(C(=O)CSc1cnccn1)C1CC1. The Morgan fingerprint density at radius 1 is 1.42 bits per heavy atom. The molecule has 0 aromatic carbocycles. The fraction of sp³-hybridized carbons (Fsp3) is 0.643. The van der Waals surface area contributed by atoms with E-state index in [-0.39, 0.29) is 5.91 Å². The minimum Gasteiger partial charge on any atom is -0.336 e. The summed E-state index contributed by atoms with van der Waals surface area (Å²) >= 11 is 1.49. The molecule has 2 saturated carbocycles. The van der Waals surface area contributed by atoms with Gasteiger partial charge in [0.25, 0.3) is 0 Å². The molecule has 3 rings (SSSR count). The first-order valence-electron chi connectivity index (χ1n) is 6.95. The second-order valence-corrected chi connectivity index (χ2v) is 6.44. The van der Waals surface area contributed by atoms with Crippen LogP contribution in [-0.4, -0.2) is 38.6 Å². The molecule has 2 aliphatic carbocycles. The van der Waals surface area contributed by atoms with Crippen molar-refractivity contribution in [1.29, 1.82) is 0 Å². The zero-order valence-corrected chi connectivity index (χ0v) is 12.0. The molecule has 0 aliphatic heterocycles. The number of rotatable bonds is 6. The van der Waals surface area contributed by atoms with Gasteiger partial charge in [0.15, 0.2) is 0 Å². The van der Waals surface area contributed by atoms with Gasteiger partial charge in [0.2, 0.25) is 5.91 Å². The van der Waals surface area contributed by atoms with Gasteiger partial charge in [-0.15, -0.1) is 0 Å². The third-order valence-electron chi connectivity index (χ3n) is 3.85. The van der Waals surface area contributed by atoms with Crippen LogP contribution < -0.4 is 0 Å². The predicted octanol–water partition coefficient (Wildman–Crippen LogP) is 2.36. The zero-order valence-electron chi connectivity index (χ0n) is 11.2. The Morgan fingerprint density at radius 2 is 2.21 bits per heavy atom. The Morgan fingerprint density at radius 3 is 2.79 bits per heavy atom. The van der Waals surface area contributed by atoms with Crippen molar-refractivity contribution in [3.05, 3.63) is 18.6 Å². The van der Waals surface area contributed by atoms with Gasteiger partial charge < -0.3 is 4.90 Å². The molecule has 1 heterocycles. The monoisotopic (exact) mass is 277 g/mol. The molecule has 0 spiro atoms. The molecular formula is C14H19N3OS. The Kier molecular flexibility index (Phi) is 3.73. The van der Waals surface area contributed by atoms with Gasteiger partial charge in [-0.2, -0.15) is 0 Å². The van der Waals surface area contributed by atoms with Crippen LogP contribution in [0.2, 0.25) is 0 Å². The molecule has 0 N–H and O–H groups in total. The lowest BCUT2D eigenvalue weighted by atomic mass is 10.2. The van der Waals surface area contributed by atoms with Crippen molar-refractivity contribution in [2.45, 2.75) is 49.7 Å². The maximum Gasteiger partial charge on any atom is 0.233 e. The van der Waals surface area contributed by atoms with Crippen molar-refractivity contribution in [2.24, 2.45) is 5.92 Å². The van der Waals surface area contributed by atoms with Gasteiger partial charge >= 0.3 is 0 Å². The Balaban J connectivity index is 1.58. The molecule has 1 aromatic heterocycles. The van der Waals surface area contributed by atoms with Gasteiger partial charge in [0.05, 0.1) is 11.9 Å². The highest BCUT2D eigenvalue weighted by Crippen LogP contribution is 2.40. The average molecular weight is 277 g/mol. The second-order valence-electron chi connectivity index (χ2n) is 5.44. The highest BCUT2D eigenvalue weighted by molar-refractivity contribution is 7.99. The van der Waals surface area contributed by atoms with Gasteiger partial charge in [0, 0.05) is 24.5 Å². The number of carbonyl (C=O) groups is 1. The number of aromatic nitrogens is 2. The van der Waals surface area contributed by atoms with Crippen LogP contribution in [0, 0.1) is 5.92 Å². The van der Waals surface area contributed by atoms with Gasteiger partial charge in [-0.05, 0) is 38.5 Å². The van der Waals surface area contributed by atoms with Crippen molar-refractivity contribution in [3.63, 3.8) is 0 Å². The fourth-order valence-corrected chi connectivity index (χ4v) is 3.18. The van der Waals surface area contributed by atoms with Crippen LogP contribution in [0.3, 0.4) is 0 Å². The number of nitrogens with zero attached hydrogens (tertiary/aromatic N) is 3. The Bertz CT molecular complexity index is 445. The molecular weight excluding hydrogens is 258 g/mol. The lowest BCUT2D eigenvalue weighted by Crippen LogP contribution is -2.42. The molecule has 0 saturated heterocycles. The van der Waals surface area contributed by atoms with Crippen LogP contribution in [0.5, 0.6) is 0 Å². The van der Waals surface area contributed by atoms with Crippen LogP contribution in [-0.2, 0) is 4.79 Å². The second kappa shape index (κ2) is 5.49. The first kappa shape index (κ1) is 12.9. The van der Waals surface area contributed by atoms with E-state index in [9.17, 15) is 4.79 Å². The van der Waals surface area contributed by atoms with Crippen LogP contribution in [0.15, 0.2) is 23.6 Å². The first-order valence-corrected chi connectivity index (χ1v) is 7.94. The third-order valence-corrected chi connectivity index (χ3v) is 4.75. The summed E-state index contributed by atoms with van der Waals surface area (Å²) in [6.07, 6.45) is 9.96. The van der Waals surface area contributed by atoms with Crippen LogP contribution in [0.25, 0.3) is 0 Å². The molecule has 1 aromatic rings. The normalized spacial score (nSPS) is 20.1. The highest BCUT2D eigenvalue weighted by atomic mass is 32.2. The lowest BCUT2D eigenvalue weighted by Gasteiger charge is -2.29. The van der Waals surface area contributed by atoms with Crippen molar-refractivity contribution in [3.8, 4) is 0 Å². The summed E-state index contributed by atoms with van der Waals surface area (Å²) < 4.78 is 0. The summed E-state index contributed by atoms with van der Waals surface area (Å²) in [6.45, 7) is 2.21. The molecule has 5 heteroatoms. The number of hydrogen-bond donors (Lipinski definition) is 0. The number of hydrogen-bond acceptors (Lipinski definition) is 4. The van der Waals surface area contributed by atoms with Gasteiger partial charge in [-0.3, -0.25) is 9.78 Å². The maximum atomic E-state index is 12.4. The summed E-state index contributed by atoms with van der Waals surface area (Å²) in [7, 11) is 0. The first-order chi connectivity index (χ1) is 9.25. The highest BCUT2D eigenvalue weighted by Gasteiger charge is 2.41. The number of carbonyl (C=O) groups excluding carboxylic acids is 1. The van der Waals surface area contributed by atoms with Crippen LogP contribution in [0.1, 0.15) is 32.6 Å². The van der Waals surface area contributed by atoms with Crippen molar-refractivity contribution >= 4 is 17.7 Å². The Hall–Kier alpha value is -1.10. The fourth-order valence-electron chi connectivity index (χ4n) is 2.49. The minimum absolute atomic E-state index is 0.262. The summed E-state index contributed by atoms with van der Waals surface area (Å²) in [4.78, 5) is 22.8. The topological polar surface area (TPSA) is 46.1 Å². The summed E-state index contributed by atoms with van der Waals surface area (Å²) in [5, 5.41) is 0.825. The molecule has 1 atom stereocenters. The number of thioether (sulfide) groups is 1. The van der Waals surface area contributed by atoms with E-state index >= 15 is 0 Å². The van der Waals surface area contributed by atoms with Gasteiger partial charge in [-0.1, -0.05) is 11.8 Å². The van der Waals surface area contributed by atoms with Crippen LogP contribution >= 0.6 is 11.8 Å². The van der Waals surface area contributed by atoms with E-state index in [1.165, 1.54) is 37.4 Å². The summed E-state index contributed by atoms with van der Waals surface area (Å²) in [5.74, 6) is 1.48. The zero-order chi connectivity index (χ0) is 13.2. The molecule has 4 nitrogen and oxygen atoms in total. The van der Waals surface area contributed by atoms with Crippen molar-refractivity contribution < 1.29 is 4.79 Å². The van der Waals surface area contributed by atoms with E-state index in [4.69, 9.17) is 0 Å². The van der Waals surface area contributed by atoms with E-state index in [2.05, 4.69) is 21.8 Å². The lowest BCUT2D eigenvalue weighted by molar-refractivity contribution is -0.131. The molecule has 1 amide bonds. The summed E-state index contributed by atoms with van der Waals surface area (Å²) in [6, 6.07) is 0.924. The maximum absolute atomic E-state index is 12.4. The molecule has 0 radical (unpaired) electrons. The van der Waals surface area contributed by atoms with Gasteiger partial charge in [0.1, 0.15) is 5.03 Å². The van der Waals surface area contributed by atoms with Crippen molar-refractivity contribution in [2.75, 3.05) is 5.75 Å². The largest absolute Gasteiger partial charge is 0.336 e. The molecule has 0 unspecified atom stereocenters. The van der Waals surface area contributed by atoms with E-state index in [1.54, 1.807) is 18.6 Å². The molecule has 102 valence electrons. The quantitative estimate of drug-likeness (QED) is 0.749. The summed E-state index contributed by atoms with van der Waals surface area (Å²) in [5.41, 5.74) is 0. The van der Waals surface area contributed by atoms with E-state index in [0.717, 1.165) is 10.9 Å². The van der Waals surface area contributed by atoms with E-state index < -0.39 is 0 Å². The van der Waals surface area contributed by atoms with Gasteiger partial charge in [-0.25, -0.2) is 4.98 Å². The predicted molar refractivity (Wildman–Crippen MR) is 74.8 cm³/mol. The van der Waals surface area contributed by atoms with Crippen molar-refractivity contribution in [1.82, 2.24) is 14.9 Å². The molecule has 19 heavy (non-hydrogen) atoms. The smallest absolute Gasteiger partial charge is 0.233 e. The average Bonchev–Trinajstić information content (AvgIpc) is 3.29. The standard InChI is InChI=1S/C14H19N3OS/c1-10(11-2-3-11)17(12-4-5-12)14(18)9-19-13-8-15-6-7-16-13/h6-8,10-12H,2-5,9H2,1H3/t10-/m0/s1. The Labute approximate surface area is 118 Å². The molecule has 0 bridgehead atoms. The van der Waals surface area contributed by atoms with Crippen LogP contribution in [0.4, 0.5) is 0 Å². The van der Waals surface area contributed by atoms with E-state index in [0.29, 0.717) is 17.8 Å². The third kappa shape index (κ3) is 3.26. The number of amides is 1. The minimum atomic E-state index is 0.262. The molecule has 2 aliphatic rings. The molecule has 2 fully saturated rings. The van der Waals surface area contributed by atoms with E-state index in [1.807, 2.05) is 0 Å².